The molecule has 1 heterocycles. The van der Waals surface area contributed by atoms with Crippen LogP contribution in [0.5, 0.6) is 0 Å². The van der Waals surface area contributed by atoms with E-state index in [0.717, 1.165) is 19.4 Å². The van der Waals surface area contributed by atoms with Crippen LogP contribution < -0.4 is 5.32 Å². The molecule has 1 saturated carbocycles. The zero-order valence-corrected chi connectivity index (χ0v) is 10.3. The van der Waals surface area contributed by atoms with Crippen molar-refractivity contribution in [1.29, 1.82) is 0 Å². The first kappa shape index (κ1) is 12.3. The molecule has 1 aliphatic heterocycles. The van der Waals surface area contributed by atoms with Gasteiger partial charge in [0, 0.05) is 6.04 Å². The molecule has 16 heavy (non-hydrogen) atoms. The molecule has 0 spiro atoms. The van der Waals surface area contributed by atoms with Gasteiger partial charge in [0.05, 0.1) is 6.10 Å². The zero-order valence-electron chi connectivity index (χ0n) is 10.3. The van der Waals surface area contributed by atoms with E-state index >= 15 is 0 Å². The third-order valence-corrected chi connectivity index (χ3v) is 3.99. The first-order valence-corrected chi connectivity index (χ1v) is 7.00. The Morgan fingerprint density at radius 1 is 1.06 bits per heavy atom. The highest BCUT2D eigenvalue weighted by atomic mass is 16.3. The minimum atomic E-state index is -0.0967. The van der Waals surface area contributed by atoms with Crippen molar-refractivity contribution in [2.75, 3.05) is 26.2 Å². The highest BCUT2D eigenvalue weighted by molar-refractivity contribution is 4.80. The van der Waals surface area contributed by atoms with Gasteiger partial charge in [0.2, 0.25) is 0 Å². The average molecular weight is 226 g/mol. The summed E-state index contributed by atoms with van der Waals surface area (Å²) in [6.45, 7) is 4.89. The monoisotopic (exact) mass is 226 g/mol. The van der Waals surface area contributed by atoms with Crippen LogP contribution in [0.25, 0.3) is 0 Å². The lowest BCUT2D eigenvalue weighted by atomic mass is 9.92. The van der Waals surface area contributed by atoms with Gasteiger partial charge in [0.15, 0.2) is 0 Å². The largest absolute Gasteiger partial charge is 0.392 e. The second-order valence-electron chi connectivity index (χ2n) is 5.31. The Labute approximate surface area is 99.2 Å². The molecule has 2 aliphatic rings. The van der Waals surface area contributed by atoms with E-state index in [1.807, 2.05) is 0 Å². The van der Waals surface area contributed by atoms with E-state index in [4.69, 9.17) is 0 Å². The van der Waals surface area contributed by atoms with Crippen molar-refractivity contribution in [3.05, 3.63) is 0 Å². The third kappa shape index (κ3) is 3.72. The molecule has 0 amide bonds. The van der Waals surface area contributed by atoms with Crippen LogP contribution >= 0.6 is 0 Å². The maximum absolute atomic E-state index is 9.81. The fourth-order valence-electron chi connectivity index (χ4n) is 2.95. The van der Waals surface area contributed by atoms with Crippen molar-refractivity contribution >= 4 is 0 Å². The van der Waals surface area contributed by atoms with Crippen LogP contribution in [-0.2, 0) is 0 Å². The van der Waals surface area contributed by atoms with Crippen LogP contribution in [0, 0.1) is 0 Å². The molecule has 0 aromatic rings. The predicted octanol–water partition coefficient (Wildman–Crippen LogP) is 1.37. The summed E-state index contributed by atoms with van der Waals surface area (Å²) in [5, 5.41) is 13.3. The molecular formula is C13H26N2O. The summed E-state index contributed by atoms with van der Waals surface area (Å²) in [4.78, 5) is 2.55. The van der Waals surface area contributed by atoms with Crippen molar-refractivity contribution in [3.63, 3.8) is 0 Å². The van der Waals surface area contributed by atoms with E-state index in [1.165, 1.54) is 51.7 Å². The molecule has 0 aromatic heterocycles. The highest BCUT2D eigenvalue weighted by Crippen LogP contribution is 2.18. The summed E-state index contributed by atoms with van der Waals surface area (Å²) in [7, 11) is 0. The van der Waals surface area contributed by atoms with E-state index < -0.39 is 0 Å². The molecule has 0 unspecified atom stereocenters. The van der Waals surface area contributed by atoms with Gasteiger partial charge in [-0.1, -0.05) is 12.8 Å². The van der Waals surface area contributed by atoms with E-state index in [9.17, 15) is 5.11 Å². The number of nitrogens with one attached hydrogen (secondary N) is 1. The minimum Gasteiger partial charge on any atom is -0.392 e. The van der Waals surface area contributed by atoms with E-state index in [0.29, 0.717) is 6.04 Å². The summed E-state index contributed by atoms with van der Waals surface area (Å²) < 4.78 is 0. The summed E-state index contributed by atoms with van der Waals surface area (Å²) in [5.41, 5.74) is 0. The molecule has 0 aromatic carbocycles. The van der Waals surface area contributed by atoms with Gasteiger partial charge in [-0.25, -0.2) is 0 Å². The second kappa shape index (κ2) is 6.58. The molecule has 3 heteroatoms. The first-order chi connectivity index (χ1) is 7.86. The number of aliphatic hydroxyl groups excluding tert-OH is 1. The Balaban J connectivity index is 1.53. The topological polar surface area (TPSA) is 35.5 Å². The van der Waals surface area contributed by atoms with Crippen LogP contribution in [0.4, 0.5) is 0 Å². The van der Waals surface area contributed by atoms with E-state index in [-0.39, 0.29) is 6.10 Å². The number of hydrogen-bond donors (Lipinski definition) is 2. The predicted molar refractivity (Wildman–Crippen MR) is 66.6 cm³/mol. The smallest absolute Gasteiger partial charge is 0.0693 e. The van der Waals surface area contributed by atoms with Gasteiger partial charge in [-0.15, -0.1) is 0 Å². The second-order valence-corrected chi connectivity index (χ2v) is 5.31. The lowest BCUT2D eigenvalue weighted by Crippen LogP contribution is -2.42. The maximum Gasteiger partial charge on any atom is 0.0693 e. The molecule has 1 saturated heterocycles. The van der Waals surface area contributed by atoms with E-state index in [2.05, 4.69) is 10.2 Å². The molecule has 0 radical (unpaired) electrons. The standard InChI is InChI=1S/C13H26N2O/c16-13-7-2-1-6-12(13)14-8-5-11-15-9-3-4-10-15/h12-14,16H,1-11H2/t12-,13-/m1/s1. The molecule has 0 bridgehead atoms. The first-order valence-electron chi connectivity index (χ1n) is 7.00. The normalized spacial score (nSPS) is 32.1. The van der Waals surface area contributed by atoms with Crippen LogP contribution in [0.15, 0.2) is 0 Å². The Bertz CT molecular complexity index is 192. The maximum atomic E-state index is 9.81. The molecule has 2 N–H and O–H groups in total. The van der Waals surface area contributed by atoms with Gasteiger partial charge in [-0.3, -0.25) is 0 Å². The number of hydrogen-bond acceptors (Lipinski definition) is 3. The van der Waals surface area contributed by atoms with E-state index in [1.54, 1.807) is 0 Å². The fraction of sp³-hybridized carbons (Fsp3) is 1.00. The Morgan fingerprint density at radius 2 is 1.81 bits per heavy atom. The average Bonchev–Trinajstić information content (AvgIpc) is 2.79. The quantitative estimate of drug-likeness (QED) is 0.695. The van der Waals surface area contributed by atoms with Gasteiger partial charge in [-0.2, -0.15) is 0 Å². The van der Waals surface area contributed by atoms with Crippen molar-refractivity contribution in [2.24, 2.45) is 0 Å². The minimum absolute atomic E-state index is 0.0967. The van der Waals surface area contributed by atoms with Gasteiger partial charge < -0.3 is 15.3 Å². The van der Waals surface area contributed by atoms with Crippen molar-refractivity contribution in [3.8, 4) is 0 Å². The number of nitrogens with zero attached hydrogens (tertiary/aromatic N) is 1. The van der Waals surface area contributed by atoms with Crippen LogP contribution in [-0.4, -0.2) is 48.3 Å². The van der Waals surface area contributed by atoms with Crippen LogP contribution in [0.1, 0.15) is 44.9 Å². The molecule has 3 nitrogen and oxygen atoms in total. The summed E-state index contributed by atoms with van der Waals surface area (Å²) in [6, 6.07) is 0.368. The summed E-state index contributed by atoms with van der Waals surface area (Å²) >= 11 is 0. The zero-order chi connectivity index (χ0) is 11.2. The number of rotatable bonds is 5. The molecule has 94 valence electrons. The molecule has 2 rings (SSSR count). The number of aliphatic hydroxyl groups is 1. The SMILES string of the molecule is O[C@@H]1CCCC[C@H]1NCCCN1CCCC1. The van der Waals surface area contributed by atoms with Crippen LogP contribution in [0.3, 0.4) is 0 Å². The highest BCUT2D eigenvalue weighted by Gasteiger charge is 2.21. The van der Waals surface area contributed by atoms with Crippen molar-refractivity contribution in [1.82, 2.24) is 10.2 Å². The fourth-order valence-corrected chi connectivity index (χ4v) is 2.95. The Hall–Kier alpha value is -0.120. The lowest BCUT2D eigenvalue weighted by Gasteiger charge is -2.28. The van der Waals surface area contributed by atoms with Gasteiger partial charge in [-0.05, 0) is 58.3 Å². The van der Waals surface area contributed by atoms with Gasteiger partial charge >= 0.3 is 0 Å². The molecular weight excluding hydrogens is 200 g/mol. The molecule has 2 fully saturated rings. The Kier molecular flexibility index (Phi) is 5.07. The summed E-state index contributed by atoms with van der Waals surface area (Å²) in [5.74, 6) is 0. The lowest BCUT2D eigenvalue weighted by molar-refractivity contribution is 0.0906. The molecule has 1 aliphatic carbocycles. The number of likely N-dealkylation sites (tertiary alicyclic amines) is 1. The molecule has 2 atom stereocenters. The Morgan fingerprint density at radius 3 is 2.56 bits per heavy atom. The van der Waals surface area contributed by atoms with Gasteiger partial charge in [0.25, 0.3) is 0 Å². The third-order valence-electron chi connectivity index (χ3n) is 3.99. The summed E-state index contributed by atoms with van der Waals surface area (Å²) in [6.07, 6.45) is 8.52. The van der Waals surface area contributed by atoms with Gasteiger partial charge in [0.1, 0.15) is 0 Å². The van der Waals surface area contributed by atoms with Crippen LogP contribution in [0.2, 0.25) is 0 Å². The van der Waals surface area contributed by atoms with Crippen molar-refractivity contribution in [2.45, 2.75) is 57.1 Å². The van der Waals surface area contributed by atoms with Crippen molar-refractivity contribution < 1.29 is 5.11 Å².